The molecule has 0 aliphatic heterocycles. The number of hydrogen-bond acceptors (Lipinski definition) is 3. The first-order valence-electron chi connectivity index (χ1n) is 6.33. The van der Waals surface area contributed by atoms with Crippen LogP contribution < -0.4 is 5.73 Å². The van der Waals surface area contributed by atoms with Crippen LogP contribution in [-0.4, -0.2) is 14.2 Å². The van der Waals surface area contributed by atoms with Crippen LogP contribution in [0.3, 0.4) is 0 Å². The van der Waals surface area contributed by atoms with Crippen molar-refractivity contribution < 1.29 is 8.42 Å². The highest BCUT2D eigenvalue weighted by Crippen LogP contribution is 2.37. The molecule has 0 amide bonds. The summed E-state index contributed by atoms with van der Waals surface area (Å²) < 4.78 is 25.8. The number of nitrogen functional groups attached to an aromatic ring is 1. The van der Waals surface area contributed by atoms with Crippen LogP contribution in [0.15, 0.2) is 51.8 Å². The first-order valence-corrected chi connectivity index (χ1v) is 8.77. The summed E-state index contributed by atoms with van der Waals surface area (Å²) in [7, 11) is -3.37. The lowest BCUT2D eigenvalue weighted by Gasteiger charge is -2.29. The van der Waals surface area contributed by atoms with Gasteiger partial charge in [-0.05, 0) is 35.7 Å². The Balaban J connectivity index is 1.90. The van der Waals surface area contributed by atoms with Crippen LogP contribution in [0, 0.1) is 0 Å². The molecule has 20 heavy (non-hydrogen) atoms. The van der Waals surface area contributed by atoms with Gasteiger partial charge in [-0.15, -0.1) is 0 Å². The van der Waals surface area contributed by atoms with Gasteiger partial charge in [-0.1, -0.05) is 40.2 Å². The summed E-state index contributed by atoms with van der Waals surface area (Å²) in [6, 6.07) is 12.9. The predicted molar refractivity (Wildman–Crippen MR) is 83.5 cm³/mol. The Bertz CT molecular complexity index is 771. The summed E-state index contributed by atoms with van der Waals surface area (Å²) in [4.78, 5) is 0.219. The van der Waals surface area contributed by atoms with Crippen molar-refractivity contribution in [2.45, 2.75) is 17.2 Å². The highest BCUT2D eigenvalue weighted by atomic mass is 79.9. The lowest BCUT2D eigenvalue weighted by molar-refractivity contribution is 0.577. The summed E-state index contributed by atoms with van der Waals surface area (Å²) in [5, 5.41) is 0. The SMILES string of the molecule is Nc1ccc(Br)cc1S(=O)(=O)CC1Cc2ccccc21. The second-order valence-electron chi connectivity index (χ2n) is 5.06. The minimum atomic E-state index is -3.37. The standard InChI is InChI=1S/C15H14BrNO2S/c16-12-5-6-14(17)15(8-12)20(18,19)9-11-7-10-3-1-2-4-13(10)11/h1-6,8,11H,7,9,17H2. The topological polar surface area (TPSA) is 60.2 Å². The van der Waals surface area contributed by atoms with Gasteiger partial charge in [-0.25, -0.2) is 8.42 Å². The van der Waals surface area contributed by atoms with Crippen molar-refractivity contribution in [3.8, 4) is 0 Å². The third kappa shape index (κ3) is 2.36. The van der Waals surface area contributed by atoms with Crippen molar-refractivity contribution in [2.75, 3.05) is 11.5 Å². The number of nitrogens with two attached hydrogens (primary N) is 1. The van der Waals surface area contributed by atoms with E-state index in [9.17, 15) is 8.42 Å². The average Bonchev–Trinajstić information content (AvgIpc) is 2.39. The summed E-state index contributed by atoms with van der Waals surface area (Å²) in [5.41, 5.74) is 8.50. The van der Waals surface area contributed by atoms with E-state index in [1.165, 1.54) is 5.56 Å². The van der Waals surface area contributed by atoms with Crippen LogP contribution in [0.4, 0.5) is 5.69 Å². The van der Waals surface area contributed by atoms with Gasteiger partial charge in [0, 0.05) is 10.4 Å². The fourth-order valence-electron chi connectivity index (χ4n) is 2.64. The summed E-state index contributed by atoms with van der Waals surface area (Å²) >= 11 is 3.29. The van der Waals surface area contributed by atoms with E-state index in [1.54, 1.807) is 18.2 Å². The Kier molecular flexibility index (Phi) is 3.34. The van der Waals surface area contributed by atoms with E-state index in [0.29, 0.717) is 5.69 Å². The number of fused-ring (bicyclic) bond motifs is 1. The minimum absolute atomic E-state index is 0.0783. The number of anilines is 1. The molecule has 5 heteroatoms. The number of sulfone groups is 1. The summed E-state index contributed by atoms with van der Waals surface area (Å²) in [6.45, 7) is 0. The smallest absolute Gasteiger partial charge is 0.181 e. The maximum atomic E-state index is 12.5. The molecule has 0 bridgehead atoms. The molecular formula is C15H14BrNO2S. The zero-order chi connectivity index (χ0) is 14.3. The highest BCUT2D eigenvalue weighted by molar-refractivity contribution is 9.10. The van der Waals surface area contributed by atoms with E-state index >= 15 is 0 Å². The molecule has 2 aromatic carbocycles. The molecular weight excluding hydrogens is 338 g/mol. The van der Waals surface area contributed by atoms with E-state index in [-0.39, 0.29) is 16.6 Å². The van der Waals surface area contributed by atoms with Gasteiger partial charge in [0.2, 0.25) is 0 Å². The summed E-state index contributed by atoms with van der Waals surface area (Å²) in [6.07, 6.45) is 0.823. The highest BCUT2D eigenvalue weighted by Gasteiger charge is 2.31. The normalized spacial score (nSPS) is 17.4. The molecule has 104 valence electrons. The van der Waals surface area contributed by atoms with Gasteiger partial charge in [-0.3, -0.25) is 0 Å². The van der Waals surface area contributed by atoms with E-state index in [2.05, 4.69) is 15.9 Å². The predicted octanol–water partition coefficient (Wildman–Crippen LogP) is 3.14. The monoisotopic (exact) mass is 351 g/mol. The van der Waals surface area contributed by atoms with Gasteiger partial charge < -0.3 is 5.73 Å². The molecule has 0 saturated heterocycles. The molecule has 3 rings (SSSR count). The van der Waals surface area contributed by atoms with E-state index in [0.717, 1.165) is 16.5 Å². The maximum absolute atomic E-state index is 12.5. The lowest BCUT2D eigenvalue weighted by Crippen LogP contribution is -2.25. The van der Waals surface area contributed by atoms with Crippen LogP contribution in [-0.2, 0) is 16.3 Å². The lowest BCUT2D eigenvalue weighted by atomic mass is 9.79. The first kappa shape index (κ1) is 13.6. The van der Waals surface area contributed by atoms with Crippen molar-refractivity contribution in [3.05, 3.63) is 58.1 Å². The fraction of sp³-hybridized carbons (Fsp3) is 0.200. The number of halogens is 1. The fourth-order valence-corrected chi connectivity index (χ4v) is 4.90. The van der Waals surface area contributed by atoms with Gasteiger partial charge >= 0.3 is 0 Å². The quantitative estimate of drug-likeness (QED) is 0.864. The number of benzene rings is 2. The van der Waals surface area contributed by atoms with Gasteiger partial charge in [0.1, 0.15) is 0 Å². The molecule has 3 nitrogen and oxygen atoms in total. The Labute approximate surface area is 126 Å². The second-order valence-corrected chi connectivity index (χ2v) is 7.98. The van der Waals surface area contributed by atoms with Crippen molar-refractivity contribution in [1.29, 1.82) is 0 Å². The van der Waals surface area contributed by atoms with E-state index in [4.69, 9.17) is 5.73 Å². The van der Waals surface area contributed by atoms with Crippen LogP contribution in [0.1, 0.15) is 17.0 Å². The van der Waals surface area contributed by atoms with Crippen LogP contribution in [0.25, 0.3) is 0 Å². The number of rotatable bonds is 3. The van der Waals surface area contributed by atoms with Crippen LogP contribution >= 0.6 is 15.9 Å². The van der Waals surface area contributed by atoms with E-state index in [1.807, 2.05) is 24.3 Å². The Morgan fingerprint density at radius 1 is 1.20 bits per heavy atom. The minimum Gasteiger partial charge on any atom is -0.398 e. The van der Waals surface area contributed by atoms with Crippen molar-refractivity contribution in [2.24, 2.45) is 0 Å². The maximum Gasteiger partial charge on any atom is 0.181 e. The largest absolute Gasteiger partial charge is 0.398 e. The molecule has 1 aliphatic rings. The molecule has 0 aromatic heterocycles. The average molecular weight is 352 g/mol. The zero-order valence-corrected chi connectivity index (χ0v) is 13.1. The molecule has 2 aromatic rings. The number of hydrogen-bond donors (Lipinski definition) is 1. The van der Waals surface area contributed by atoms with Gasteiger partial charge in [0.25, 0.3) is 0 Å². The molecule has 2 N–H and O–H groups in total. The van der Waals surface area contributed by atoms with E-state index < -0.39 is 9.84 Å². The summed E-state index contributed by atoms with van der Waals surface area (Å²) in [5.74, 6) is 0.194. The molecule has 0 fully saturated rings. The Morgan fingerprint density at radius 3 is 2.70 bits per heavy atom. The van der Waals surface area contributed by atoms with Crippen molar-refractivity contribution in [1.82, 2.24) is 0 Å². The molecule has 0 heterocycles. The molecule has 1 unspecified atom stereocenters. The van der Waals surface area contributed by atoms with Gasteiger partial charge in [0.05, 0.1) is 16.3 Å². The third-order valence-corrected chi connectivity index (χ3v) is 6.05. The zero-order valence-electron chi connectivity index (χ0n) is 10.7. The Morgan fingerprint density at radius 2 is 1.95 bits per heavy atom. The second kappa shape index (κ2) is 4.90. The van der Waals surface area contributed by atoms with Crippen molar-refractivity contribution >= 4 is 31.5 Å². The Hall–Kier alpha value is -1.33. The van der Waals surface area contributed by atoms with Gasteiger partial charge in [0.15, 0.2) is 9.84 Å². The molecule has 1 atom stereocenters. The van der Waals surface area contributed by atoms with Crippen LogP contribution in [0.2, 0.25) is 0 Å². The first-order chi connectivity index (χ1) is 9.47. The third-order valence-electron chi connectivity index (χ3n) is 3.69. The van der Waals surface area contributed by atoms with Gasteiger partial charge in [-0.2, -0.15) is 0 Å². The van der Waals surface area contributed by atoms with Crippen LogP contribution in [0.5, 0.6) is 0 Å². The molecule has 0 saturated carbocycles. The molecule has 1 aliphatic carbocycles. The van der Waals surface area contributed by atoms with Crippen molar-refractivity contribution in [3.63, 3.8) is 0 Å². The molecule has 0 radical (unpaired) electrons. The molecule has 0 spiro atoms.